The van der Waals surface area contributed by atoms with Crippen molar-refractivity contribution in [1.29, 1.82) is 5.41 Å². The molecule has 1 aromatic carbocycles. The van der Waals surface area contributed by atoms with Crippen LogP contribution in [0.15, 0.2) is 59.2 Å². The molecule has 6 rings (SSSR count). The minimum Gasteiger partial charge on any atom is -0.543 e. The van der Waals surface area contributed by atoms with Gasteiger partial charge >= 0.3 is 0 Å². The van der Waals surface area contributed by atoms with E-state index in [9.17, 15) is 23.9 Å². The zero-order chi connectivity index (χ0) is 37.1. The first-order valence-corrected chi connectivity index (χ1v) is 17.2. The molecule has 5 heterocycles. The van der Waals surface area contributed by atoms with Crippen LogP contribution in [-0.2, 0) is 37.1 Å². The summed E-state index contributed by atoms with van der Waals surface area (Å²) in [7, 11) is 1.25. The molecule has 0 aliphatic carbocycles. The molecule has 0 spiro atoms. The Bertz CT molecular complexity index is 2130. The molecule has 0 saturated carbocycles. The Kier molecular flexibility index (Phi) is 11.3. The summed E-state index contributed by atoms with van der Waals surface area (Å²) in [4.78, 5) is 57.5. The Labute approximate surface area is 306 Å². The quantitative estimate of drug-likeness (QED) is 0.0429. The number of nitrogens with one attached hydrogen (secondary N) is 1. The number of thiazole rings is 1. The number of hydrogen-bond donors (Lipinski definition) is 4. The Morgan fingerprint density at radius 2 is 2.06 bits per heavy atom. The molecule has 15 nitrogen and oxygen atoms in total. The van der Waals surface area contributed by atoms with Crippen molar-refractivity contribution < 1.29 is 43.2 Å². The Balaban J connectivity index is 0.00000162. The largest absolute Gasteiger partial charge is 0.543 e. The molecule has 0 radical (unpaired) electrons. The monoisotopic (exact) mass is 776 g/mol. The van der Waals surface area contributed by atoms with Gasteiger partial charge in [-0.15, -0.1) is 11.8 Å². The standard InChI is InChI=1S/C30H25Cl2FN8O5S2.CH2O2/c1-46-38-22(23-25(32)48-30(36)37-23)21(42)9-15-27(43)41-24(29(44)45)14(12-47-28(15)41)10-39-5-2-3-19-20(39)4-6-40(19)11-16-17(31)7-13(26(34)35)8-18(16)33;2-1-3/h2-8,15,28H,9-12H2,1H3,(H5-,34,35,36,37,44,45);1H,(H,2,3)/b38-22+;/t15-,28-;/m1./s1. The van der Waals surface area contributed by atoms with Crippen molar-refractivity contribution in [3.8, 4) is 0 Å². The molecule has 2 aliphatic heterocycles. The maximum atomic E-state index is 14.9. The van der Waals surface area contributed by atoms with Gasteiger partial charge in [0.2, 0.25) is 11.4 Å². The van der Waals surface area contributed by atoms with Gasteiger partial charge < -0.3 is 35.9 Å². The number of amides is 1. The van der Waals surface area contributed by atoms with Crippen molar-refractivity contribution in [3.63, 3.8) is 0 Å². The number of aromatic nitrogens is 3. The van der Waals surface area contributed by atoms with Crippen LogP contribution < -0.4 is 21.1 Å². The summed E-state index contributed by atoms with van der Waals surface area (Å²) in [6.07, 6.45) is 3.25. The van der Waals surface area contributed by atoms with Crippen LogP contribution in [0, 0.1) is 17.1 Å². The number of carbonyl (C=O) groups is 4. The van der Waals surface area contributed by atoms with E-state index in [1.54, 1.807) is 29.1 Å². The van der Waals surface area contributed by atoms with Gasteiger partial charge in [0, 0.05) is 52.2 Å². The van der Waals surface area contributed by atoms with Crippen LogP contribution in [0.4, 0.5) is 9.52 Å². The van der Waals surface area contributed by atoms with E-state index in [-0.39, 0.29) is 80.3 Å². The average Bonchev–Trinajstić information content (AvgIpc) is 3.65. The highest BCUT2D eigenvalue weighted by Crippen LogP contribution is 2.45. The van der Waals surface area contributed by atoms with E-state index in [0.717, 1.165) is 28.4 Å². The molecule has 51 heavy (non-hydrogen) atoms. The van der Waals surface area contributed by atoms with Gasteiger partial charge in [-0.2, -0.15) is 4.57 Å². The molecular weight excluding hydrogens is 750 g/mol. The molecule has 0 unspecified atom stereocenters. The van der Waals surface area contributed by atoms with Crippen molar-refractivity contribution in [2.45, 2.75) is 24.9 Å². The summed E-state index contributed by atoms with van der Waals surface area (Å²) in [5.41, 5.74) is 13.1. The van der Waals surface area contributed by atoms with Crippen molar-refractivity contribution in [3.05, 3.63) is 86.0 Å². The molecule has 1 saturated heterocycles. The lowest BCUT2D eigenvalue weighted by Gasteiger charge is -2.50. The Morgan fingerprint density at radius 3 is 2.67 bits per heavy atom. The van der Waals surface area contributed by atoms with E-state index in [1.165, 1.54) is 29.8 Å². The van der Waals surface area contributed by atoms with Gasteiger partial charge in [-0.05, 0) is 18.2 Å². The van der Waals surface area contributed by atoms with Gasteiger partial charge in [0.1, 0.15) is 34.3 Å². The van der Waals surface area contributed by atoms with Crippen molar-refractivity contribution >= 4 is 98.1 Å². The van der Waals surface area contributed by atoms with E-state index < -0.39 is 34.8 Å². The van der Waals surface area contributed by atoms with Crippen molar-refractivity contribution in [2.24, 2.45) is 16.8 Å². The van der Waals surface area contributed by atoms with Crippen LogP contribution in [0.2, 0.25) is 9.36 Å². The van der Waals surface area contributed by atoms with Crippen LogP contribution in [0.3, 0.4) is 0 Å². The molecule has 1 fully saturated rings. The lowest BCUT2D eigenvalue weighted by atomic mass is 9.89. The van der Waals surface area contributed by atoms with E-state index in [1.807, 2.05) is 10.6 Å². The number of Topliss-reactive ketones (excluding diaryl/α,β-unsaturated/α-hetero) is 1. The van der Waals surface area contributed by atoms with Crippen LogP contribution in [0.25, 0.3) is 11.0 Å². The van der Waals surface area contributed by atoms with Crippen LogP contribution in [0.1, 0.15) is 23.2 Å². The smallest absolute Gasteiger partial charge is 0.290 e. The summed E-state index contributed by atoms with van der Waals surface area (Å²) < 4.78 is 18.7. The summed E-state index contributed by atoms with van der Waals surface area (Å²) in [6.45, 7) is -0.0449. The number of anilines is 1. The zero-order valence-electron chi connectivity index (χ0n) is 26.3. The van der Waals surface area contributed by atoms with Crippen molar-refractivity contribution in [1.82, 2.24) is 14.5 Å². The molecule has 2 atom stereocenters. The highest BCUT2D eigenvalue weighted by atomic mass is 35.5. The third-order valence-corrected chi connectivity index (χ3v) is 10.8. The predicted octanol–water partition coefficient (Wildman–Crippen LogP) is 1.99. The summed E-state index contributed by atoms with van der Waals surface area (Å²) in [5, 5.41) is 30.3. The number of β-lactam (4-membered cyclic amide) rings is 1. The molecule has 3 aromatic heterocycles. The number of thioether (sulfide) groups is 1. The number of nitrogens with zero attached hydrogens (tertiary/aromatic N) is 5. The molecule has 6 N–H and O–H groups in total. The van der Waals surface area contributed by atoms with Gasteiger partial charge in [0.25, 0.3) is 6.47 Å². The molecule has 20 heteroatoms. The number of halogens is 3. The number of hydrogen-bond acceptors (Lipinski definition) is 12. The summed E-state index contributed by atoms with van der Waals surface area (Å²) in [6, 6.07) is 8.00. The highest BCUT2D eigenvalue weighted by molar-refractivity contribution is 8.00. The number of rotatable bonds is 11. The fraction of sp³-hybridized carbons (Fsp3) is 0.226. The number of fused-ring (bicyclic) bond motifs is 2. The van der Waals surface area contributed by atoms with Gasteiger partial charge in [-0.3, -0.25) is 24.7 Å². The molecule has 266 valence electrons. The number of carboxylic acid groups (broad SMARTS) is 2. The number of ketones is 1. The Morgan fingerprint density at radius 1 is 1.33 bits per heavy atom. The lowest BCUT2D eigenvalue weighted by Crippen LogP contribution is -2.63. The molecule has 2 aliphatic rings. The third kappa shape index (κ3) is 7.39. The number of nitrogen functional groups attached to an aromatic ring is 2. The van der Waals surface area contributed by atoms with Crippen molar-refractivity contribution in [2.75, 3.05) is 18.6 Å². The van der Waals surface area contributed by atoms with Crippen LogP contribution in [-0.4, -0.2) is 73.5 Å². The third-order valence-electron chi connectivity index (χ3n) is 7.98. The fourth-order valence-corrected chi connectivity index (χ4v) is 8.38. The minimum absolute atomic E-state index is 0.0442. The maximum Gasteiger partial charge on any atom is 0.290 e. The first kappa shape index (κ1) is 37.2. The molecular formula is C31H27Cl2FN8O7S2. The topological polar surface area (TPSA) is 234 Å². The van der Waals surface area contributed by atoms with E-state index in [4.69, 9.17) is 54.8 Å². The number of nitrogens with two attached hydrogens (primary N) is 2. The number of amidine groups is 1. The lowest BCUT2D eigenvalue weighted by molar-refractivity contribution is -0.663. The second-order valence-corrected chi connectivity index (χ2v) is 14.1. The van der Waals surface area contributed by atoms with Gasteiger partial charge in [0.15, 0.2) is 29.4 Å². The van der Waals surface area contributed by atoms with Crippen LogP contribution >= 0.6 is 46.3 Å². The first-order valence-electron chi connectivity index (χ1n) is 14.6. The van der Waals surface area contributed by atoms with Crippen LogP contribution in [0.5, 0.6) is 0 Å². The Hall–Kier alpha value is -5.04. The SMILES string of the molecule is CO/N=C(\C(=O)C[C@@H]1C(=O)N2C(C(=O)[O-])=C(C[n+]3cccc4c3ccn4Cc3c(F)cc(C(=N)N)cc3Cl)CS[C@H]12)c1nc(N)sc1Cl.O=CO. The average molecular weight is 778 g/mol. The maximum absolute atomic E-state index is 14.9. The molecule has 1 amide bonds. The number of carbonyl (C=O) groups excluding carboxylic acids is 3. The fourth-order valence-electron chi connectivity index (χ4n) is 5.78. The van der Waals surface area contributed by atoms with Gasteiger partial charge in [0.05, 0.1) is 29.5 Å². The van der Waals surface area contributed by atoms with Gasteiger partial charge in [-0.25, -0.2) is 9.37 Å². The highest BCUT2D eigenvalue weighted by Gasteiger charge is 2.53. The number of benzene rings is 1. The van der Waals surface area contributed by atoms with E-state index >= 15 is 0 Å². The summed E-state index contributed by atoms with van der Waals surface area (Å²) in [5.74, 6) is -4.08. The minimum atomic E-state index is -1.51. The second-order valence-electron chi connectivity index (χ2n) is 11.0. The van der Waals surface area contributed by atoms with E-state index in [2.05, 4.69) is 10.1 Å². The zero-order valence-corrected chi connectivity index (χ0v) is 29.5. The predicted molar refractivity (Wildman–Crippen MR) is 186 cm³/mol. The molecule has 4 aromatic rings. The van der Waals surface area contributed by atoms with Gasteiger partial charge in [-0.1, -0.05) is 39.7 Å². The normalized spacial score (nSPS) is 17.0. The first-order chi connectivity index (χ1) is 24.3. The number of pyridine rings is 1. The number of carboxylic acids is 1. The second kappa shape index (κ2) is 15.5. The summed E-state index contributed by atoms with van der Waals surface area (Å²) >= 11 is 14.8. The van der Waals surface area contributed by atoms with E-state index in [0.29, 0.717) is 5.57 Å². The number of oxime groups is 1. The molecule has 0 bridgehead atoms. The number of aliphatic carboxylic acids is 1.